The summed E-state index contributed by atoms with van der Waals surface area (Å²) in [6.45, 7) is 2.97. The maximum absolute atomic E-state index is 11.9. The zero-order chi connectivity index (χ0) is 17.0. The van der Waals surface area contributed by atoms with Crippen LogP contribution in [0.2, 0.25) is 0 Å². The lowest BCUT2D eigenvalue weighted by Gasteiger charge is -2.11. The third-order valence-electron chi connectivity index (χ3n) is 3.85. The molecule has 1 fully saturated rings. The Bertz CT molecular complexity index is 722. The topological polar surface area (TPSA) is 86.5 Å². The lowest BCUT2D eigenvalue weighted by molar-refractivity contribution is -0.123. The number of carbonyl (C=O) groups excluding carboxylic acids is 1. The van der Waals surface area contributed by atoms with Gasteiger partial charge in [-0.05, 0) is 55.7 Å². The molecule has 26 heavy (non-hydrogen) atoms. The number of hydrogen-bond donors (Lipinski definition) is 2. The zero-order valence-electron chi connectivity index (χ0n) is 14.4. The van der Waals surface area contributed by atoms with Crippen LogP contribution in [0.1, 0.15) is 25.3 Å². The van der Waals surface area contributed by atoms with Crippen LogP contribution in [0.5, 0.6) is 17.4 Å². The predicted octanol–water partition coefficient (Wildman–Crippen LogP) is 3.22. The summed E-state index contributed by atoms with van der Waals surface area (Å²) in [5, 5.41) is 2.85. The van der Waals surface area contributed by atoms with Crippen molar-refractivity contribution in [2.75, 3.05) is 6.61 Å². The van der Waals surface area contributed by atoms with Gasteiger partial charge in [-0.15, -0.1) is 24.8 Å². The molecule has 0 atom stereocenters. The molecule has 142 valence electrons. The van der Waals surface area contributed by atoms with Crippen molar-refractivity contribution in [1.29, 1.82) is 0 Å². The van der Waals surface area contributed by atoms with Gasteiger partial charge in [0.15, 0.2) is 0 Å². The second-order valence-corrected chi connectivity index (χ2v) is 5.85. The summed E-state index contributed by atoms with van der Waals surface area (Å²) in [4.78, 5) is 16.1. The molecule has 3 N–H and O–H groups in total. The van der Waals surface area contributed by atoms with Gasteiger partial charge in [-0.1, -0.05) is 0 Å². The van der Waals surface area contributed by atoms with Crippen molar-refractivity contribution in [2.45, 2.75) is 31.8 Å². The summed E-state index contributed by atoms with van der Waals surface area (Å²) in [6, 6.07) is 11.0. The largest absolute Gasteiger partial charge is 0.494 e. The van der Waals surface area contributed by atoms with Gasteiger partial charge in [0.05, 0.1) is 12.1 Å². The molecule has 1 aromatic carbocycles. The van der Waals surface area contributed by atoms with Crippen molar-refractivity contribution in [3.05, 3.63) is 48.2 Å². The van der Waals surface area contributed by atoms with E-state index in [1.807, 2.05) is 37.3 Å². The maximum atomic E-state index is 11.9. The van der Waals surface area contributed by atoms with Crippen LogP contribution in [0.15, 0.2) is 42.6 Å². The predicted molar refractivity (Wildman–Crippen MR) is 104 cm³/mol. The van der Waals surface area contributed by atoms with E-state index in [9.17, 15) is 4.79 Å². The van der Waals surface area contributed by atoms with Gasteiger partial charge in [0.25, 0.3) is 0 Å². The molecule has 1 aliphatic carbocycles. The highest BCUT2D eigenvalue weighted by atomic mass is 35.5. The summed E-state index contributed by atoms with van der Waals surface area (Å²) >= 11 is 0. The molecule has 1 heterocycles. The van der Waals surface area contributed by atoms with Crippen molar-refractivity contribution < 1.29 is 14.3 Å². The van der Waals surface area contributed by atoms with Gasteiger partial charge in [-0.3, -0.25) is 4.79 Å². The zero-order valence-corrected chi connectivity index (χ0v) is 16.1. The van der Waals surface area contributed by atoms with E-state index >= 15 is 0 Å². The van der Waals surface area contributed by atoms with Crippen LogP contribution in [0, 0.1) is 0 Å². The van der Waals surface area contributed by atoms with E-state index in [1.54, 1.807) is 12.3 Å². The molecular formula is C18H23Cl2N3O3. The number of pyridine rings is 1. The first kappa shape index (κ1) is 22.0. The summed E-state index contributed by atoms with van der Waals surface area (Å²) in [5.74, 6) is 1.84. The Morgan fingerprint density at radius 2 is 1.85 bits per heavy atom. The highest BCUT2D eigenvalue weighted by Gasteiger charge is 2.45. The average molecular weight is 400 g/mol. The van der Waals surface area contributed by atoms with Crippen LogP contribution in [0.4, 0.5) is 0 Å². The molecule has 1 aromatic heterocycles. The summed E-state index contributed by atoms with van der Waals surface area (Å²) in [7, 11) is 0. The number of rotatable bonds is 7. The number of nitrogens with zero attached hydrogens (tertiary/aromatic N) is 1. The summed E-state index contributed by atoms with van der Waals surface area (Å²) in [6.07, 6.45) is 3.16. The Balaban J connectivity index is 0.00000169. The normalized spacial score (nSPS) is 13.6. The molecule has 0 unspecified atom stereocenters. The van der Waals surface area contributed by atoms with Crippen molar-refractivity contribution in [3.8, 4) is 17.4 Å². The van der Waals surface area contributed by atoms with Crippen molar-refractivity contribution >= 4 is 30.7 Å². The van der Waals surface area contributed by atoms with Crippen molar-refractivity contribution in [3.63, 3.8) is 0 Å². The molecule has 0 radical (unpaired) electrons. The van der Waals surface area contributed by atoms with Crippen LogP contribution < -0.4 is 20.5 Å². The molecule has 1 amide bonds. The lowest BCUT2D eigenvalue weighted by atomic mass is 10.2. The van der Waals surface area contributed by atoms with Crippen molar-refractivity contribution in [1.82, 2.24) is 10.3 Å². The highest BCUT2D eigenvalue weighted by molar-refractivity contribution is 5.88. The lowest BCUT2D eigenvalue weighted by Crippen LogP contribution is -2.42. The molecule has 3 rings (SSSR count). The van der Waals surface area contributed by atoms with Gasteiger partial charge in [0.1, 0.15) is 11.5 Å². The Labute approximate surface area is 165 Å². The monoisotopic (exact) mass is 399 g/mol. The van der Waals surface area contributed by atoms with E-state index < -0.39 is 5.54 Å². The van der Waals surface area contributed by atoms with E-state index in [-0.39, 0.29) is 30.7 Å². The van der Waals surface area contributed by atoms with E-state index in [2.05, 4.69) is 10.3 Å². The molecule has 1 saturated carbocycles. The number of hydrogen-bond acceptors (Lipinski definition) is 5. The van der Waals surface area contributed by atoms with Gasteiger partial charge in [-0.25, -0.2) is 4.98 Å². The third-order valence-corrected chi connectivity index (χ3v) is 3.85. The SMILES string of the molecule is CCOc1ccc(Oc2cc(CNC(=O)C3(N)CC3)ccn2)cc1.Cl.Cl. The third kappa shape index (κ3) is 5.76. The first-order valence-corrected chi connectivity index (χ1v) is 8.02. The summed E-state index contributed by atoms with van der Waals surface area (Å²) in [5.41, 5.74) is 6.11. The van der Waals surface area contributed by atoms with Gasteiger partial charge in [-0.2, -0.15) is 0 Å². The maximum Gasteiger partial charge on any atom is 0.240 e. The Hall–Kier alpha value is -2.02. The van der Waals surface area contributed by atoms with E-state index in [0.29, 0.717) is 24.8 Å². The van der Waals surface area contributed by atoms with Crippen LogP contribution in [-0.4, -0.2) is 23.0 Å². The fourth-order valence-corrected chi connectivity index (χ4v) is 2.23. The molecule has 0 spiro atoms. The molecular weight excluding hydrogens is 377 g/mol. The molecule has 8 heteroatoms. The Morgan fingerprint density at radius 3 is 2.46 bits per heavy atom. The van der Waals surface area contributed by atoms with Crippen molar-refractivity contribution in [2.24, 2.45) is 5.73 Å². The average Bonchev–Trinajstić information content (AvgIpc) is 3.34. The first-order chi connectivity index (χ1) is 11.6. The minimum absolute atomic E-state index is 0. The number of benzene rings is 1. The van der Waals surface area contributed by atoms with Crippen LogP contribution in [0.3, 0.4) is 0 Å². The first-order valence-electron chi connectivity index (χ1n) is 8.02. The van der Waals surface area contributed by atoms with Gasteiger partial charge < -0.3 is 20.5 Å². The fraction of sp³-hybridized carbons (Fsp3) is 0.333. The van der Waals surface area contributed by atoms with Gasteiger partial charge >= 0.3 is 0 Å². The van der Waals surface area contributed by atoms with Crippen LogP contribution >= 0.6 is 24.8 Å². The highest BCUT2D eigenvalue weighted by Crippen LogP contribution is 2.32. The van der Waals surface area contributed by atoms with E-state index in [0.717, 1.165) is 24.2 Å². The number of carbonyl (C=O) groups is 1. The summed E-state index contributed by atoms with van der Waals surface area (Å²) < 4.78 is 11.1. The smallest absolute Gasteiger partial charge is 0.240 e. The van der Waals surface area contributed by atoms with Gasteiger partial charge in [0, 0.05) is 18.8 Å². The number of aromatic nitrogens is 1. The number of halogens is 2. The number of ether oxygens (including phenoxy) is 2. The Kier molecular flexibility index (Phi) is 8.14. The second kappa shape index (κ2) is 9.62. The minimum Gasteiger partial charge on any atom is -0.494 e. The standard InChI is InChI=1S/C18H21N3O3.2ClH/c1-2-23-14-3-5-15(6-4-14)24-16-11-13(7-10-20-16)12-21-17(22)18(19)8-9-18;;/h3-7,10-11H,2,8-9,12,19H2,1H3,(H,21,22);2*1H. The second-order valence-electron chi connectivity index (χ2n) is 5.85. The molecule has 2 aromatic rings. The van der Waals surface area contributed by atoms with Crippen LogP contribution in [0.25, 0.3) is 0 Å². The van der Waals surface area contributed by atoms with E-state index in [4.69, 9.17) is 15.2 Å². The quantitative estimate of drug-likeness (QED) is 0.745. The number of amides is 1. The number of nitrogens with one attached hydrogen (secondary N) is 1. The molecule has 0 aliphatic heterocycles. The minimum atomic E-state index is -0.658. The fourth-order valence-electron chi connectivity index (χ4n) is 2.23. The van der Waals surface area contributed by atoms with Crippen LogP contribution in [-0.2, 0) is 11.3 Å². The van der Waals surface area contributed by atoms with E-state index in [1.165, 1.54) is 0 Å². The number of nitrogens with two attached hydrogens (primary N) is 1. The van der Waals surface area contributed by atoms with Gasteiger partial charge in [0.2, 0.25) is 11.8 Å². The molecule has 0 saturated heterocycles. The molecule has 6 nitrogen and oxygen atoms in total. The molecule has 1 aliphatic rings. The Morgan fingerprint density at radius 1 is 1.19 bits per heavy atom. The molecule has 0 bridgehead atoms.